The number of fused-ring (bicyclic) bond motifs is 4. The van der Waals surface area contributed by atoms with Crippen molar-refractivity contribution < 1.29 is 9.59 Å². The molecule has 0 unspecified atom stereocenters. The Morgan fingerprint density at radius 3 is 2.42 bits per heavy atom. The molecule has 0 radical (unpaired) electrons. The normalized spacial score (nSPS) is 26.2. The van der Waals surface area contributed by atoms with E-state index in [0.717, 1.165) is 43.4 Å². The van der Waals surface area contributed by atoms with E-state index in [9.17, 15) is 14.4 Å². The molecule has 2 amide bonds. The number of nitrogens with one attached hydrogen (secondary N) is 1. The maximum absolute atomic E-state index is 13.9. The topological polar surface area (TPSA) is 71.4 Å². The summed E-state index contributed by atoms with van der Waals surface area (Å²) in [4.78, 5) is 41.6. The van der Waals surface area contributed by atoms with E-state index in [4.69, 9.17) is 0 Å². The Labute approximate surface area is 214 Å². The van der Waals surface area contributed by atoms with Crippen LogP contribution in [-0.2, 0) is 22.6 Å². The molecule has 36 heavy (non-hydrogen) atoms. The summed E-state index contributed by atoms with van der Waals surface area (Å²) >= 11 is 0. The third-order valence-electron chi connectivity index (χ3n) is 8.77. The Balaban J connectivity index is 1.31. The van der Waals surface area contributed by atoms with Gasteiger partial charge in [0.15, 0.2) is 0 Å². The van der Waals surface area contributed by atoms with Crippen molar-refractivity contribution in [2.45, 2.75) is 70.9 Å². The number of likely N-dealkylation sites (tertiary alicyclic amines) is 1. The first kappa shape index (κ1) is 24.8. The monoisotopic (exact) mass is 489 g/mol. The first-order valence-electron chi connectivity index (χ1n) is 13.7. The summed E-state index contributed by atoms with van der Waals surface area (Å²) in [6, 6.07) is 14.9. The van der Waals surface area contributed by atoms with Gasteiger partial charge in [-0.3, -0.25) is 14.4 Å². The lowest BCUT2D eigenvalue weighted by molar-refractivity contribution is -0.140. The van der Waals surface area contributed by atoms with E-state index in [-0.39, 0.29) is 35.1 Å². The molecule has 1 saturated carbocycles. The fourth-order valence-corrected chi connectivity index (χ4v) is 6.68. The summed E-state index contributed by atoms with van der Waals surface area (Å²) in [7, 11) is 0. The molecule has 2 bridgehead atoms. The molecule has 2 fully saturated rings. The molecule has 3 atom stereocenters. The highest BCUT2D eigenvalue weighted by atomic mass is 16.2. The fourth-order valence-electron chi connectivity index (χ4n) is 6.68. The van der Waals surface area contributed by atoms with Crippen molar-refractivity contribution in [3.05, 3.63) is 70.1 Å². The molecule has 3 aliphatic rings. The van der Waals surface area contributed by atoms with Crippen LogP contribution in [0.4, 0.5) is 0 Å². The number of nitrogens with zero attached hydrogens (tertiary/aromatic N) is 2. The minimum Gasteiger partial charge on any atom is -0.344 e. The molecule has 192 valence electrons. The molecule has 1 aromatic carbocycles. The highest BCUT2D eigenvalue weighted by molar-refractivity contribution is 5.89. The molecule has 1 aromatic heterocycles. The number of hydrogen-bond donors (Lipinski definition) is 1. The lowest BCUT2D eigenvalue weighted by Gasteiger charge is -2.43. The highest BCUT2D eigenvalue weighted by Gasteiger charge is 2.39. The van der Waals surface area contributed by atoms with Gasteiger partial charge in [-0.25, -0.2) is 0 Å². The molecule has 3 heterocycles. The van der Waals surface area contributed by atoms with Crippen LogP contribution >= 0.6 is 0 Å². The van der Waals surface area contributed by atoms with Gasteiger partial charge in [-0.05, 0) is 61.5 Å². The van der Waals surface area contributed by atoms with Crippen LogP contribution in [0.2, 0.25) is 0 Å². The second-order valence-corrected chi connectivity index (χ2v) is 11.5. The van der Waals surface area contributed by atoms with E-state index in [1.54, 1.807) is 6.07 Å². The van der Waals surface area contributed by atoms with Gasteiger partial charge in [0.2, 0.25) is 11.8 Å². The van der Waals surface area contributed by atoms with Gasteiger partial charge in [0.05, 0.1) is 0 Å². The highest BCUT2D eigenvalue weighted by Crippen LogP contribution is 2.36. The van der Waals surface area contributed by atoms with Crippen molar-refractivity contribution in [3.63, 3.8) is 0 Å². The van der Waals surface area contributed by atoms with Gasteiger partial charge >= 0.3 is 0 Å². The SMILES string of the molecule is CC(C)C1CCC(C(=O)N[C@@H](Cc2ccccc2)C(=O)N2C[C@H]3C[C@@H](C2)c2cccc(=O)n2C3)CC1. The first-order chi connectivity index (χ1) is 17.4. The molecule has 0 spiro atoms. The largest absolute Gasteiger partial charge is 0.344 e. The van der Waals surface area contributed by atoms with Gasteiger partial charge in [-0.15, -0.1) is 0 Å². The number of pyridine rings is 1. The summed E-state index contributed by atoms with van der Waals surface area (Å²) in [5, 5.41) is 3.18. The van der Waals surface area contributed by atoms with Crippen molar-refractivity contribution in [2.24, 2.45) is 23.7 Å². The van der Waals surface area contributed by atoms with E-state index in [0.29, 0.717) is 37.9 Å². The third-order valence-corrected chi connectivity index (χ3v) is 8.77. The van der Waals surface area contributed by atoms with Crippen LogP contribution in [0, 0.1) is 23.7 Å². The van der Waals surface area contributed by atoms with Crippen molar-refractivity contribution in [1.29, 1.82) is 0 Å². The average molecular weight is 490 g/mol. The van der Waals surface area contributed by atoms with Gasteiger partial charge in [-0.1, -0.05) is 50.2 Å². The lowest BCUT2D eigenvalue weighted by Crippen LogP contribution is -2.56. The molecule has 5 rings (SSSR count). The number of amides is 2. The molecule has 6 nitrogen and oxygen atoms in total. The number of piperidine rings is 1. The van der Waals surface area contributed by atoms with Crippen molar-refractivity contribution >= 4 is 11.8 Å². The smallest absolute Gasteiger partial charge is 0.250 e. The van der Waals surface area contributed by atoms with Crippen LogP contribution in [0.5, 0.6) is 0 Å². The van der Waals surface area contributed by atoms with Gasteiger partial charge in [0.25, 0.3) is 5.56 Å². The zero-order valence-corrected chi connectivity index (χ0v) is 21.6. The molecule has 6 heteroatoms. The summed E-state index contributed by atoms with van der Waals surface area (Å²) in [6.07, 6.45) is 5.47. The minimum absolute atomic E-state index is 0.00416. The molecule has 1 aliphatic carbocycles. The quantitative estimate of drug-likeness (QED) is 0.667. The zero-order valence-electron chi connectivity index (χ0n) is 21.6. The molecular formula is C30H39N3O3. The first-order valence-corrected chi connectivity index (χ1v) is 13.7. The summed E-state index contributed by atoms with van der Waals surface area (Å²) < 4.78 is 1.89. The Morgan fingerprint density at radius 1 is 0.944 bits per heavy atom. The molecular weight excluding hydrogens is 450 g/mol. The van der Waals surface area contributed by atoms with Gasteiger partial charge in [0.1, 0.15) is 6.04 Å². The van der Waals surface area contributed by atoms with Gasteiger partial charge < -0.3 is 14.8 Å². The molecule has 1 saturated heterocycles. The number of hydrogen-bond acceptors (Lipinski definition) is 3. The third kappa shape index (κ3) is 5.28. The zero-order chi connectivity index (χ0) is 25.2. The van der Waals surface area contributed by atoms with Crippen LogP contribution in [0.3, 0.4) is 0 Å². The Kier molecular flexibility index (Phi) is 7.31. The minimum atomic E-state index is -0.570. The van der Waals surface area contributed by atoms with Crippen molar-refractivity contribution in [2.75, 3.05) is 13.1 Å². The molecule has 2 aliphatic heterocycles. The van der Waals surface area contributed by atoms with Gasteiger partial charge in [-0.2, -0.15) is 0 Å². The number of carbonyl (C=O) groups excluding carboxylic acids is 2. The van der Waals surface area contributed by atoms with Crippen LogP contribution in [0.25, 0.3) is 0 Å². The van der Waals surface area contributed by atoms with Crippen LogP contribution in [-0.4, -0.2) is 40.4 Å². The Hall–Kier alpha value is -2.89. The Morgan fingerprint density at radius 2 is 1.69 bits per heavy atom. The number of rotatable bonds is 6. The average Bonchev–Trinajstić information content (AvgIpc) is 2.89. The van der Waals surface area contributed by atoms with Crippen LogP contribution in [0.15, 0.2) is 53.3 Å². The van der Waals surface area contributed by atoms with E-state index < -0.39 is 6.04 Å². The number of aromatic nitrogens is 1. The van der Waals surface area contributed by atoms with Crippen LogP contribution in [0.1, 0.15) is 63.1 Å². The predicted molar refractivity (Wildman–Crippen MR) is 140 cm³/mol. The summed E-state index contributed by atoms with van der Waals surface area (Å²) in [6.45, 7) is 6.42. The number of carbonyl (C=O) groups is 2. The second kappa shape index (κ2) is 10.6. The Bertz CT molecular complexity index is 1130. The van der Waals surface area contributed by atoms with E-state index in [1.807, 2.05) is 51.9 Å². The van der Waals surface area contributed by atoms with E-state index in [1.165, 1.54) is 0 Å². The summed E-state index contributed by atoms with van der Waals surface area (Å²) in [5.74, 6) is 1.80. The maximum atomic E-state index is 13.9. The van der Waals surface area contributed by atoms with E-state index in [2.05, 4.69) is 19.2 Å². The van der Waals surface area contributed by atoms with Crippen LogP contribution < -0.4 is 10.9 Å². The lowest BCUT2D eigenvalue weighted by atomic mass is 9.76. The maximum Gasteiger partial charge on any atom is 0.250 e. The molecule has 2 aromatic rings. The predicted octanol–water partition coefficient (Wildman–Crippen LogP) is 3.98. The standard InChI is InChI=1S/C30H39N3O3/c1-20(2)23-11-13-24(14-12-23)29(35)31-26(16-21-7-4-3-5-8-21)30(36)32-17-22-15-25(19-32)27-9-6-10-28(34)33(27)18-22/h3-10,20,22-26H,11-19H2,1-2H3,(H,31,35)/t22-,23?,24?,25+,26+/m1/s1. The van der Waals surface area contributed by atoms with Crippen molar-refractivity contribution in [3.8, 4) is 0 Å². The number of benzene rings is 1. The summed E-state index contributed by atoms with van der Waals surface area (Å²) in [5.41, 5.74) is 2.12. The van der Waals surface area contributed by atoms with Crippen molar-refractivity contribution in [1.82, 2.24) is 14.8 Å². The molecule has 1 N–H and O–H groups in total. The fraction of sp³-hybridized carbons (Fsp3) is 0.567. The van der Waals surface area contributed by atoms with Gasteiger partial charge in [0, 0.05) is 49.7 Å². The second-order valence-electron chi connectivity index (χ2n) is 11.5. The van der Waals surface area contributed by atoms with E-state index >= 15 is 0 Å².